The monoisotopic (exact) mass is 286 g/mol. The van der Waals surface area contributed by atoms with Crippen molar-refractivity contribution < 1.29 is 13.2 Å². The van der Waals surface area contributed by atoms with Gasteiger partial charge in [0.2, 0.25) is 15.9 Å². The zero-order valence-corrected chi connectivity index (χ0v) is 11.7. The minimum atomic E-state index is -3.87. The number of nitrogen functional groups attached to an aromatic ring is 1. The van der Waals surface area contributed by atoms with E-state index >= 15 is 0 Å². The van der Waals surface area contributed by atoms with E-state index in [1.54, 1.807) is 31.1 Å². The lowest BCUT2D eigenvalue weighted by Gasteiger charge is -2.21. The number of anilines is 2. The fourth-order valence-corrected chi connectivity index (χ4v) is 2.40. The zero-order chi connectivity index (χ0) is 14.6. The molecule has 1 rings (SSSR count). The Balaban J connectivity index is 3.03. The summed E-state index contributed by atoms with van der Waals surface area (Å²) in [5, 5.41) is 7.65. The summed E-state index contributed by atoms with van der Waals surface area (Å²) in [7, 11) is -0.641. The molecular weight excluding hydrogens is 268 g/mol. The van der Waals surface area contributed by atoms with E-state index < -0.39 is 10.0 Å². The molecule has 0 atom stereocenters. The molecule has 0 aliphatic carbocycles. The van der Waals surface area contributed by atoms with Crippen molar-refractivity contribution in [1.29, 1.82) is 0 Å². The minimum absolute atomic E-state index is 0.0492. The molecule has 0 radical (unpaired) electrons. The number of hydrogen-bond donors (Lipinski definition) is 3. The smallest absolute Gasteiger partial charge is 0.240 e. The number of nitrogens with two attached hydrogens (primary N) is 2. The first-order valence-electron chi connectivity index (χ1n) is 5.59. The predicted octanol–water partition coefficient (Wildman–Crippen LogP) is -0.511. The second-order valence-corrected chi connectivity index (χ2v) is 5.65. The number of benzene rings is 1. The van der Waals surface area contributed by atoms with Crippen molar-refractivity contribution in [3.63, 3.8) is 0 Å². The van der Waals surface area contributed by atoms with E-state index in [0.717, 1.165) is 0 Å². The van der Waals surface area contributed by atoms with Crippen LogP contribution in [-0.4, -0.2) is 35.0 Å². The van der Waals surface area contributed by atoms with E-state index in [9.17, 15) is 13.2 Å². The largest absolute Gasteiger partial charge is 0.399 e. The normalized spacial score (nSPS) is 11.1. The van der Waals surface area contributed by atoms with Gasteiger partial charge in [0, 0.05) is 32.7 Å². The molecule has 19 heavy (non-hydrogen) atoms. The second kappa shape index (κ2) is 5.89. The van der Waals surface area contributed by atoms with Crippen molar-refractivity contribution in [2.75, 3.05) is 31.3 Å². The number of hydrogen-bond acceptors (Lipinski definition) is 5. The number of nitrogens with zero attached hydrogens (tertiary/aromatic N) is 1. The quantitative estimate of drug-likeness (QED) is 0.630. The molecule has 0 saturated heterocycles. The summed E-state index contributed by atoms with van der Waals surface area (Å²) in [6, 6.07) is 4.46. The Morgan fingerprint density at radius 2 is 2.05 bits per heavy atom. The van der Waals surface area contributed by atoms with Gasteiger partial charge in [-0.25, -0.2) is 13.6 Å². The predicted molar refractivity (Wildman–Crippen MR) is 74.2 cm³/mol. The van der Waals surface area contributed by atoms with Crippen molar-refractivity contribution >= 4 is 27.3 Å². The van der Waals surface area contributed by atoms with Crippen LogP contribution in [0.5, 0.6) is 0 Å². The summed E-state index contributed by atoms with van der Waals surface area (Å²) in [4.78, 5) is 12.8. The molecule has 5 N–H and O–H groups in total. The maximum Gasteiger partial charge on any atom is 0.240 e. The SMILES string of the molecule is CNC(=O)CCN(C)c1ccc(N)cc1S(N)(=O)=O. The lowest BCUT2D eigenvalue weighted by atomic mass is 10.2. The van der Waals surface area contributed by atoms with Gasteiger partial charge >= 0.3 is 0 Å². The highest BCUT2D eigenvalue weighted by atomic mass is 32.2. The summed E-state index contributed by atoms with van der Waals surface area (Å²) in [6.07, 6.45) is 0.251. The van der Waals surface area contributed by atoms with Crippen molar-refractivity contribution in [3.8, 4) is 0 Å². The minimum Gasteiger partial charge on any atom is -0.399 e. The van der Waals surface area contributed by atoms with Crippen molar-refractivity contribution in [1.82, 2.24) is 5.32 Å². The molecular formula is C11H18N4O3S. The molecule has 0 aliphatic rings. The van der Waals surface area contributed by atoms with Crippen molar-refractivity contribution in [3.05, 3.63) is 18.2 Å². The number of sulfonamides is 1. The highest BCUT2D eigenvalue weighted by Crippen LogP contribution is 2.25. The van der Waals surface area contributed by atoms with Crippen LogP contribution in [0.25, 0.3) is 0 Å². The Morgan fingerprint density at radius 1 is 1.42 bits per heavy atom. The summed E-state index contributed by atoms with van der Waals surface area (Å²) >= 11 is 0. The molecule has 7 nitrogen and oxygen atoms in total. The van der Waals surface area contributed by atoms with Crippen LogP contribution in [0.1, 0.15) is 6.42 Å². The lowest BCUT2D eigenvalue weighted by molar-refractivity contribution is -0.120. The third-order valence-electron chi connectivity index (χ3n) is 2.65. The number of amides is 1. The number of carbonyl (C=O) groups is 1. The fraction of sp³-hybridized carbons (Fsp3) is 0.364. The van der Waals surface area contributed by atoms with Crippen LogP contribution >= 0.6 is 0 Å². The zero-order valence-electron chi connectivity index (χ0n) is 10.9. The van der Waals surface area contributed by atoms with Crippen LogP contribution in [0.15, 0.2) is 23.1 Å². The third kappa shape index (κ3) is 4.11. The molecule has 0 unspecified atom stereocenters. The van der Waals surface area contributed by atoms with E-state index in [0.29, 0.717) is 17.9 Å². The molecule has 0 bridgehead atoms. The summed E-state index contributed by atoms with van der Waals surface area (Å²) in [5.41, 5.74) is 6.30. The summed E-state index contributed by atoms with van der Waals surface area (Å²) in [5.74, 6) is -0.126. The van der Waals surface area contributed by atoms with Crippen molar-refractivity contribution in [2.45, 2.75) is 11.3 Å². The van der Waals surface area contributed by atoms with Crippen LogP contribution in [0.4, 0.5) is 11.4 Å². The lowest BCUT2D eigenvalue weighted by Crippen LogP contribution is -2.28. The molecule has 0 saturated carbocycles. The molecule has 1 amide bonds. The van der Waals surface area contributed by atoms with Gasteiger partial charge in [-0.05, 0) is 18.2 Å². The molecule has 0 aliphatic heterocycles. The average molecular weight is 286 g/mol. The van der Waals surface area contributed by atoms with Gasteiger partial charge in [0.15, 0.2) is 0 Å². The molecule has 8 heteroatoms. The van der Waals surface area contributed by atoms with Crippen molar-refractivity contribution in [2.24, 2.45) is 5.14 Å². The highest BCUT2D eigenvalue weighted by Gasteiger charge is 2.17. The first-order valence-corrected chi connectivity index (χ1v) is 7.14. The van der Waals surface area contributed by atoms with E-state index in [4.69, 9.17) is 10.9 Å². The molecule has 1 aromatic carbocycles. The van der Waals surface area contributed by atoms with Gasteiger partial charge in [0.05, 0.1) is 5.69 Å². The topological polar surface area (TPSA) is 119 Å². The first kappa shape index (κ1) is 15.3. The van der Waals surface area contributed by atoms with Gasteiger partial charge in [-0.15, -0.1) is 0 Å². The van der Waals surface area contributed by atoms with Gasteiger partial charge in [-0.2, -0.15) is 0 Å². The summed E-state index contributed by atoms with van der Waals surface area (Å²) in [6.45, 7) is 0.367. The molecule has 0 fully saturated rings. The van der Waals surface area contributed by atoms with Crippen LogP contribution in [0.3, 0.4) is 0 Å². The van der Waals surface area contributed by atoms with Crippen LogP contribution in [0.2, 0.25) is 0 Å². The van der Waals surface area contributed by atoms with E-state index in [1.807, 2.05) is 0 Å². The second-order valence-electron chi connectivity index (χ2n) is 4.12. The van der Waals surface area contributed by atoms with Crippen LogP contribution in [-0.2, 0) is 14.8 Å². The maximum absolute atomic E-state index is 11.5. The summed E-state index contributed by atoms with van der Waals surface area (Å²) < 4.78 is 23.0. The Bertz CT molecular complexity index is 571. The van der Waals surface area contributed by atoms with E-state index in [2.05, 4.69) is 5.32 Å². The van der Waals surface area contributed by atoms with E-state index in [-0.39, 0.29) is 17.2 Å². The Kier molecular flexibility index (Phi) is 4.73. The first-order chi connectivity index (χ1) is 8.75. The van der Waals surface area contributed by atoms with Gasteiger partial charge in [0.1, 0.15) is 4.90 Å². The standard InChI is InChI=1S/C11H18N4O3S/c1-14-11(16)5-6-15(2)9-4-3-8(12)7-10(9)19(13,17)18/h3-4,7H,5-6,12H2,1-2H3,(H,14,16)(H2,13,17,18). The maximum atomic E-state index is 11.5. The number of nitrogens with one attached hydrogen (secondary N) is 1. The molecule has 0 spiro atoms. The molecule has 106 valence electrons. The van der Waals surface area contributed by atoms with Gasteiger partial charge < -0.3 is 16.0 Å². The molecule has 0 heterocycles. The van der Waals surface area contributed by atoms with Crippen LogP contribution in [0, 0.1) is 0 Å². The number of primary sulfonamides is 1. The number of rotatable bonds is 5. The third-order valence-corrected chi connectivity index (χ3v) is 3.59. The van der Waals surface area contributed by atoms with E-state index in [1.165, 1.54) is 6.07 Å². The highest BCUT2D eigenvalue weighted by molar-refractivity contribution is 7.89. The average Bonchev–Trinajstić information content (AvgIpc) is 2.34. The van der Waals surface area contributed by atoms with Gasteiger partial charge in [0.25, 0.3) is 0 Å². The Hall–Kier alpha value is -1.80. The number of carbonyl (C=O) groups excluding carboxylic acids is 1. The van der Waals surface area contributed by atoms with Crippen LogP contribution < -0.4 is 21.1 Å². The molecule has 1 aromatic rings. The Labute approximate surface area is 112 Å². The van der Waals surface area contributed by atoms with Gasteiger partial charge in [-0.1, -0.05) is 0 Å². The Morgan fingerprint density at radius 3 is 2.58 bits per heavy atom. The van der Waals surface area contributed by atoms with Gasteiger partial charge in [-0.3, -0.25) is 4.79 Å². The fourth-order valence-electron chi connectivity index (χ4n) is 1.59. The molecule has 0 aromatic heterocycles.